The molecule has 4 aliphatic carbocycles. The van der Waals surface area contributed by atoms with Gasteiger partial charge >= 0.3 is 0 Å². The van der Waals surface area contributed by atoms with Crippen molar-refractivity contribution < 1.29 is 5.11 Å². The van der Waals surface area contributed by atoms with Gasteiger partial charge in [-0.15, -0.1) is 0 Å². The second kappa shape index (κ2) is 4.77. The first kappa shape index (κ1) is 14.6. The highest BCUT2D eigenvalue weighted by Gasteiger charge is 2.59. The number of hydrogen-bond donors (Lipinski definition) is 2. The van der Waals surface area contributed by atoms with E-state index in [0.717, 1.165) is 24.2 Å². The Labute approximate surface area is 135 Å². The molecule has 21 heavy (non-hydrogen) atoms. The fourth-order valence-electron chi connectivity index (χ4n) is 6.69. The summed E-state index contributed by atoms with van der Waals surface area (Å²) in [5.74, 6) is 2.34. The Morgan fingerprint density at radius 2 is 1.95 bits per heavy atom. The molecule has 7 atom stereocenters. The molecule has 0 heterocycles. The van der Waals surface area contributed by atoms with Crippen LogP contribution in [0.15, 0.2) is 11.6 Å². The largest absolute Gasteiger partial charge is 0.393 e. The van der Waals surface area contributed by atoms with Crippen LogP contribution in [0.25, 0.3) is 0 Å². The zero-order valence-electron chi connectivity index (χ0n) is 13.5. The minimum Gasteiger partial charge on any atom is -0.393 e. The van der Waals surface area contributed by atoms with Gasteiger partial charge in [-0.1, -0.05) is 25.5 Å². The molecule has 3 fully saturated rings. The smallest absolute Gasteiger partial charge is 0.0596 e. The average Bonchev–Trinajstić information content (AvgIpc) is 2.76. The third-order valence-corrected chi connectivity index (χ3v) is 8.90. The molecule has 118 valence electrons. The molecule has 0 aromatic heterocycles. The number of allylic oxidation sites excluding steroid dienone is 2. The second-order valence-electron chi connectivity index (χ2n) is 8.67. The van der Waals surface area contributed by atoms with E-state index in [4.69, 9.17) is 12.6 Å². The summed E-state index contributed by atoms with van der Waals surface area (Å²) in [6.07, 6.45) is 12.5. The van der Waals surface area contributed by atoms with E-state index < -0.39 is 0 Å². The zero-order chi connectivity index (χ0) is 14.8. The Kier molecular flexibility index (Phi) is 3.32. The summed E-state index contributed by atoms with van der Waals surface area (Å²) in [5, 5.41) is 11.0. The lowest BCUT2D eigenvalue weighted by molar-refractivity contribution is -0.0645. The van der Waals surface area contributed by atoms with E-state index >= 15 is 0 Å². The standard InChI is InChI=1S/C19H30OS/c1-18-11-10-15-13(14(18)8-9-16(18)20)7-6-12-4-3-5-17(21)19(12,15)2/h6,13-17,20-21H,3-5,7-11H2,1-2H3/t13-,14-,15-,16-,17?,18-,19-/m0/s1. The van der Waals surface area contributed by atoms with E-state index in [1.54, 1.807) is 5.57 Å². The van der Waals surface area contributed by atoms with Gasteiger partial charge in [0.05, 0.1) is 6.10 Å². The third kappa shape index (κ3) is 1.81. The van der Waals surface area contributed by atoms with Gasteiger partial charge in [0.25, 0.3) is 0 Å². The minimum absolute atomic E-state index is 0.0558. The molecule has 2 heteroatoms. The molecule has 4 rings (SSSR count). The fraction of sp³-hybridized carbons (Fsp3) is 0.895. The van der Waals surface area contributed by atoms with Crippen LogP contribution in [0, 0.1) is 28.6 Å². The molecule has 0 saturated heterocycles. The lowest BCUT2D eigenvalue weighted by Gasteiger charge is -2.58. The molecule has 3 saturated carbocycles. The van der Waals surface area contributed by atoms with Gasteiger partial charge < -0.3 is 5.11 Å². The number of rotatable bonds is 0. The second-order valence-corrected chi connectivity index (χ2v) is 9.29. The van der Waals surface area contributed by atoms with Crippen molar-refractivity contribution in [1.82, 2.24) is 0 Å². The summed E-state index contributed by atoms with van der Waals surface area (Å²) in [7, 11) is 0. The van der Waals surface area contributed by atoms with Gasteiger partial charge in [-0.3, -0.25) is 0 Å². The highest BCUT2D eigenvalue weighted by atomic mass is 32.1. The van der Waals surface area contributed by atoms with Crippen molar-refractivity contribution >= 4 is 12.6 Å². The molecule has 1 N–H and O–H groups in total. The lowest BCUT2D eigenvalue weighted by atomic mass is 9.48. The Hall–Kier alpha value is 0.0500. The molecule has 0 bridgehead atoms. The number of fused-ring (bicyclic) bond motifs is 5. The predicted octanol–water partition coefficient (Wildman–Crippen LogP) is 4.61. The van der Waals surface area contributed by atoms with Crippen molar-refractivity contribution in [1.29, 1.82) is 0 Å². The molecule has 0 spiro atoms. The lowest BCUT2D eigenvalue weighted by Crippen LogP contribution is -2.53. The van der Waals surface area contributed by atoms with Crippen molar-refractivity contribution in [2.24, 2.45) is 28.6 Å². The Morgan fingerprint density at radius 1 is 1.14 bits per heavy atom. The summed E-state index contributed by atoms with van der Waals surface area (Å²) in [6, 6.07) is 0. The van der Waals surface area contributed by atoms with Crippen LogP contribution >= 0.6 is 12.6 Å². The predicted molar refractivity (Wildman–Crippen MR) is 90.5 cm³/mol. The number of hydrogen-bond acceptors (Lipinski definition) is 2. The molecule has 0 amide bonds. The first-order valence-corrected chi connectivity index (χ1v) is 9.55. The maximum atomic E-state index is 10.5. The van der Waals surface area contributed by atoms with Gasteiger partial charge in [0.15, 0.2) is 0 Å². The van der Waals surface area contributed by atoms with Crippen LogP contribution in [0.4, 0.5) is 0 Å². The number of thiol groups is 1. The summed E-state index contributed by atoms with van der Waals surface area (Å²) in [6.45, 7) is 4.88. The van der Waals surface area contributed by atoms with Gasteiger partial charge in [-0.05, 0) is 74.5 Å². The zero-order valence-corrected chi connectivity index (χ0v) is 14.4. The van der Waals surface area contributed by atoms with E-state index in [1.807, 2.05) is 0 Å². The molecule has 0 aliphatic heterocycles. The van der Waals surface area contributed by atoms with E-state index in [1.165, 1.54) is 44.9 Å². The van der Waals surface area contributed by atoms with Gasteiger partial charge in [0, 0.05) is 10.7 Å². The van der Waals surface area contributed by atoms with Gasteiger partial charge in [0.1, 0.15) is 0 Å². The van der Waals surface area contributed by atoms with Crippen LogP contribution in [0.5, 0.6) is 0 Å². The van der Waals surface area contributed by atoms with Crippen LogP contribution < -0.4 is 0 Å². The molecular formula is C19H30OS. The Morgan fingerprint density at radius 3 is 2.76 bits per heavy atom. The summed E-state index contributed by atoms with van der Waals surface area (Å²) in [4.78, 5) is 0. The molecule has 1 nitrogen and oxygen atoms in total. The van der Waals surface area contributed by atoms with Gasteiger partial charge in [-0.25, -0.2) is 0 Å². The molecular weight excluding hydrogens is 276 g/mol. The van der Waals surface area contributed by atoms with Crippen LogP contribution in [-0.4, -0.2) is 16.5 Å². The Balaban J connectivity index is 1.72. The monoisotopic (exact) mass is 306 g/mol. The topological polar surface area (TPSA) is 20.2 Å². The molecule has 1 unspecified atom stereocenters. The first-order valence-electron chi connectivity index (χ1n) is 9.03. The highest BCUT2D eigenvalue weighted by Crippen LogP contribution is 2.65. The fourth-order valence-corrected chi connectivity index (χ4v) is 7.23. The maximum absolute atomic E-state index is 10.5. The SMILES string of the molecule is C[C@]12CC[C@H]3[C@@H](CC=C4CCCC(S)[C@@]43C)[C@@H]1CC[C@@H]2O. The molecule has 0 radical (unpaired) electrons. The van der Waals surface area contributed by atoms with Crippen molar-refractivity contribution in [2.75, 3.05) is 0 Å². The maximum Gasteiger partial charge on any atom is 0.0596 e. The van der Waals surface area contributed by atoms with Gasteiger partial charge in [-0.2, -0.15) is 12.6 Å². The van der Waals surface area contributed by atoms with Crippen molar-refractivity contribution in [3.63, 3.8) is 0 Å². The molecule has 4 aliphatic rings. The van der Waals surface area contributed by atoms with E-state index in [2.05, 4.69) is 19.9 Å². The van der Waals surface area contributed by atoms with E-state index in [0.29, 0.717) is 10.7 Å². The van der Waals surface area contributed by atoms with E-state index in [9.17, 15) is 5.11 Å². The van der Waals surface area contributed by atoms with Crippen molar-refractivity contribution in [3.8, 4) is 0 Å². The summed E-state index contributed by atoms with van der Waals surface area (Å²) >= 11 is 5.03. The molecule has 0 aromatic carbocycles. The first-order chi connectivity index (χ1) is 9.98. The third-order valence-electron chi connectivity index (χ3n) is 8.10. The van der Waals surface area contributed by atoms with Crippen molar-refractivity contribution in [2.45, 2.75) is 76.6 Å². The number of aliphatic hydroxyl groups is 1. The summed E-state index contributed by atoms with van der Waals surface area (Å²) in [5.41, 5.74) is 2.25. The van der Waals surface area contributed by atoms with Crippen LogP contribution in [0.1, 0.15) is 65.2 Å². The average molecular weight is 307 g/mol. The quantitative estimate of drug-likeness (QED) is 0.495. The normalized spacial score (nSPS) is 56.2. The van der Waals surface area contributed by atoms with Crippen LogP contribution in [0.2, 0.25) is 0 Å². The highest BCUT2D eigenvalue weighted by molar-refractivity contribution is 7.81. The molecule has 0 aromatic rings. The number of aliphatic hydroxyl groups excluding tert-OH is 1. The van der Waals surface area contributed by atoms with Crippen LogP contribution in [0.3, 0.4) is 0 Å². The Bertz CT molecular complexity index is 472. The minimum atomic E-state index is -0.0558. The summed E-state index contributed by atoms with van der Waals surface area (Å²) < 4.78 is 0. The van der Waals surface area contributed by atoms with Crippen LogP contribution in [-0.2, 0) is 0 Å². The van der Waals surface area contributed by atoms with Gasteiger partial charge in [0.2, 0.25) is 0 Å². The van der Waals surface area contributed by atoms with E-state index in [-0.39, 0.29) is 11.5 Å². The van der Waals surface area contributed by atoms with Crippen molar-refractivity contribution in [3.05, 3.63) is 11.6 Å².